The van der Waals surface area contributed by atoms with Crippen molar-refractivity contribution in [3.8, 4) is 0 Å². The van der Waals surface area contributed by atoms with E-state index in [2.05, 4.69) is 5.32 Å². The van der Waals surface area contributed by atoms with Crippen molar-refractivity contribution in [1.82, 2.24) is 5.32 Å². The minimum Gasteiger partial charge on any atom is -0.394 e. The average Bonchev–Trinajstić information content (AvgIpc) is 2.48. The third-order valence-electron chi connectivity index (χ3n) is 3.24. The SMILES string of the molecule is COP(=O)(OC)[C@H](N[C@@H](CO)c1ccccc1)C(C)C. The van der Waals surface area contributed by atoms with E-state index in [0.29, 0.717) is 0 Å². The molecule has 0 heterocycles. The van der Waals surface area contributed by atoms with Crippen LogP contribution in [-0.4, -0.2) is 31.7 Å². The summed E-state index contributed by atoms with van der Waals surface area (Å²) >= 11 is 0. The Morgan fingerprint density at radius 2 is 1.75 bits per heavy atom. The molecule has 0 bridgehead atoms. The van der Waals surface area contributed by atoms with E-state index in [9.17, 15) is 9.67 Å². The maximum Gasteiger partial charge on any atom is 0.347 e. The molecule has 5 nitrogen and oxygen atoms in total. The summed E-state index contributed by atoms with van der Waals surface area (Å²) < 4.78 is 22.7. The summed E-state index contributed by atoms with van der Waals surface area (Å²) in [6, 6.07) is 9.22. The van der Waals surface area contributed by atoms with Gasteiger partial charge in [0.05, 0.1) is 12.6 Å². The summed E-state index contributed by atoms with van der Waals surface area (Å²) in [6.45, 7) is 3.77. The van der Waals surface area contributed by atoms with Gasteiger partial charge in [0.25, 0.3) is 0 Å². The van der Waals surface area contributed by atoms with Crippen LogP contribution in [0.1, 0.15) is 25.5 Å². The highest BCUT2D eigenvalue weighted by molar-refractivity contribution is 7.54. The predicted molar refractivity (Wildman–Crippen MR) is 79.7 cm³/mol. The van der Waals surface area contributed by atoms with Gasteiger partial charge in [0.1, 0.15) is 5.78 Å². The fourth-order valence-electron chi connectivity index (χ4n) is 2.10. The number of aliphatic hydroxyl groups is 1. The van der Waals surface area contributed by atoms with E-state index in [1.54, 1.807) is 0 Å². The molecule has 0 aliphatic carbocycles. The van der Waals surface area contributed by atoms with Gasteiger partial charge in [-0.3, -0.25) is 9.88 Å². The zero-order valence-corrected chi connectivity index (χ0v) is 13.3. The fraction of sp³-hybridized carbons (Fsp3) is 0.571. The molecule has 1 aromatic rings. The Labute approximate surface area is 120 Å². The minimum atomic E-state index is -3.26. The molecule has 0 aromatic heterocycles. The highest BCUT2D eigenvalue weighted by Crippen LogP contribution is 2.53. The molecule has 0 saturated heterocycles. The van der Waals surface area contributed by atoms with E-state index < -0.39 is 13.4 Å². The number of hydrogen-bond acceptors (Lipinski definition) is 5. The topological polar surface area (TPSA) is 67.8 Å². The number of hydrogen-bond donors (Lipinski definition) is 2. The third kappa shape index (κ3) is 4.14. The summed E-state index contributed by atoms with van der Waals surface area (Å²) in [4.78, 5) is 0. The lowest BCUT2D eigenvalue weighted by Crippen LogP contribution is -2.38. The molecule has 0 radical (unpaired) electrons. The quantitative estimate of drug-likeness (QED) is 0.723. The monoisotopic (exact) mass is 301 g/mol. The zero-order valence-electron chi connectivity index (χ0n) is 12.4. The van der Waals surface area contributed by atoms with Crippen LogP contribution in [0.2, 0.25) is 0 Å². The van der Waals surface area contributed by atoms with Crippen LogP contribution in [0.3, 0.4) is 0 Å². The molecule has 0 saturated carbocycles. The minimum absolute atomic E-state index is 0.0264. The van der Waals surface area contributed by atoms with Crippen molar-refractivity contribution in [2.75, 3.05) is 20.8 Å². The molecule has 114 valence electrons. The van der Waals surface area contributed by atoms with Crippen LogP contribution in [0, 0.1) is 5.92 Å². The molecule has 0 aliphatic rings. The largest absolute Gasteiger partial charge is 0.394 e. The van der Waals surface area contributed by atoms with Gasteiger partial charge >= 0.3 is 7.60 Å². The molecule has 0 unspecified atom stereocenters. The van der Waals surface area contributed by atoms with E-state index in [4.69, 9.17) is 9.05 Å². The van der Waals surface area contributed by atoms with E-state index >= 15 is 0 Å². The van der Waals surface area contributed by atoms with Gasteiger partial charge in [-0.1, -0.05) is 44.2 Å². The smallest absolute Gasteiger partial charge is 0.347 e. The van der Waals surface area contributed by atoms with Crippen LogP contribution in [-0.2, 0) is 13.6 Å². The van der Waals surface area contributed by atoms with Crippen molar-refractivity contribution in [2.45, 2.75) is 25.7 Å². The standard InChI is InChI=1S/C14H24NO4P/c1-11(2)14(20(17,18-3)19-4)15-13(10-16)12-8-6-5-7-9-12/h5-9,11,13-16H,10H2,1-4H3/t13-,14-/m0/s1. The Balaban J connectivity index is 2.97. The Hall–Kier alpha value is -0.710. The molecule has 20 heavy (non-hydrogen) atoms. The van der Waals surface area contributed by atoms with Crippen molar-refractivity contribution < 1.29 is 18.7 Å². The van der Waals surface area contributed by atoms with Crippen molar-refractivity contribution in [3.05, 3.63) is 35.9 Å². The van der Waals surface area contributed by atoms with Crippen LogP contribution in [0.4, 0.5) is 0 Å². The maximum absolute atomic E-state index is 12.6. The van der Waals surface area contributed by atoms with Gasteiger partial charge in [0, 0.05) is 14.2 Å². The Kier molecular flexibility index (Phi) is 6.86. The molecule has 2 N–H and O–H groups in total. The van der Waals surface area contributed by atoms with Crippen LogP contribution >= 0.6 is 7.60 Å². The summed E-state index contributed by atoms with van der Waals surface area (Å²) in [6.07, 6.45) is 0. The lowest BCUT2D eigenvalue weighted by atomic mass is 10.1. The maximum atomic E-state index is 12.6. The molecular weight excluding hydrogens is 277 g/mol. The van der Waals surface area contributed by atoms with E-state index in [-0.39, 0.29) is 18.6 Å². The van der Waals surface area contributed by atoms with Gasteiger partial charge < -0.3 is 14.2 Å². The second-order valence-corrected chi connectivity index (χ2v) is 7.27. The highest BCUT2D eigenvalue weighted by atomic mass is 31.2. The Morgan fingerprint density at radius 1 is 1.20 bits per heavy atom. The molecule has 2 atom stereocenters. The molecule has 1 aromatic carbocycles. The highest BCUT2D eigenvalue weighted by Gasteiger charge is 2.37. The van der Waals surface area contributed by atoms with Gasteiger partial charge in [-0.05, 0) is 11.5 Å². The first-order valence-corrected chi connectivity index (χ1v) is 8.22. The number of aliphatic hydroxyl groups excluding tert-OH is 1. The Morgan fingerprint density at radius 3 is 2.15 bits per heavy atom. The van der Waals surface area contributed by atoms with Gasteiger partial charge in [-0.25, -0.2) is 0 Å². The summed E-state index contributed by atoms with van der Waals surface area (Å²) in [5, 5.41) is 12.8. The van der Waals surface area contributed by atoms with E-state index in [1.165, 1.54) is 14.2 Å². The third-order valence-corrected chi connectivity index (χ3v) is 5.68. The van der Waals surface area contributed by atoms with Crippen molar-refractivity contribution >= 4 is 7.60 Å². The van der Waals surface area contributed by atoms with Gasteiger partial charge in [-0.15, -0.1) is 0 Å². The lowest BCUT2D eigenvalue weighted by Gasteiger charge is -2.31. The predicted octanol–water partition coefficient (Wildman–Crippen LogP) is 2.78. The lowest BCUT2D eigenvalue weighted by molar-refractivity contribution is 0.210. The van der Waals surface area contributed by atoms with Crippen LogP contribution in [0.15, 0.2) is 30.3 Å². The van der Waals surface area contributed by atoms with Gasteiger partial charge in [0.15, 0.2) is 0 Å². The molecule has 0 amide bonds. The average molecular weight is 301 g/mol. The first kappa shape index (κ1) is 17.3. The van der Waals surface area contributed by atoms with Gasteiger partial charge in [-0.2, -0.15) is 0 Å². The van der Waals surface area contributed by atoms with E-state index in [0.717, 1.165) is 5.56 Å². The summed E-state index contributed by atoms with van der Waals surface area (Å²) in [5.41, 5.74) is 0.930. The molecule has 6 heteroatoms. The number of rotatable bonds is 8. The van der Waals surface area contributed by atoms with Crippen molar-refractivity contribution in [2.24, 2.45) is 5.92 Å². The Bertz CT molecular complexity index is 430. The van der Waals surface area contributed by atoms with Crippen LogP contribution in [0.5, 0.6) is 0 Å². The number of benzene rings is 1. The van der Waals surface area contributed by atoms with E-state index in [1.807, 2.05) is 44.2 Å². The van der Waals surface area contributed by atoms with Crippen LogP contribution < -0.4 is 5.32 Å². The normalized spacial score (nSPS) is 15.3. The second kappa shape index (κ2) is 7.91. The first-order valence-electron chi connectivity index (χ1n) is 6.61. The van der Waals surface area contributed by atoms with Crippen LogP contribution in [0.25, 0.3) is 0 Å². The van der Waals surface area contributed by atoms with Crippen molar-refractivity contribution in [3.63, 3.8) is 0 Å². The fourth-order valence-corrected chi connectivity index (χ4v) is 3.79. The second-order valence-electron chi connectivity index (χ2n) is 4.91. The van der Waals surface area contributed by atoms with Gasteiger partial charge in [0.2, 0.25) is 0 Å². The number of nitrogens with one attached hydrogen (secondary N) is 1. The molecule has 0 fully saturated rings. The molecular formula is C14H24NO4P. The molecule has 1 rings (SSSR count). The van der Waals surface area contributed by atoms with Crippen molar-refractivity contribution in [1.29, 1.82) is 0 Å². The molecule has 0 aliphatic heterocycles. The summed E-state index contributed by atoms with van der Waals surface area (Å²) in [7, 11) is -0.511. The molecule has 0 spiro atoms. The summed E-state index contributed by atoms with van der Waals surface area (Å²) in [5.74, 6) is -0.464. The zero-order chi connectivity index (χ0) is 15.2. The first-order chi connectivity index (χ1) is 9.48.